The zero-order valence-electron chi connectivity index (χ0n) is 26.8. The summed E-state index contributed by atoms with van der Waals surface area (Å²) in [6.45, 7) is 8.59. The third-order valence-corrected chi connectivity index (χ3v) is 18.7. The van der Waals surface area contributed by atoms with Gasteiger partial charge in [0, 0.05) is 40.3 Å². The SMILES string of the molecule is CCN(CC)P1(=S)c2cc(-c3ccccc3)ccc2N2c3ccc(-c4ccccc4)cc3P(C)(=S)c3cc(-c4ccccc4)cc1c32. The van der Waals surface area contributed by atoms with E-state index in [0.29, 0.717) is 0 Å². The minimum absolute atomic E-state index is 0.879. The van der Waals surface area contributed by atoms with E-state index in [1.807, 2.05) is 0 Å². The number of anilines is 3. The molecule has 232 valence electrons. The molecule has 2 unspecified atom stereocenters. The first-order valence-corrected chi connectivity index (χ1v) is 22.2. The fourth-order valence-electron chi connectivity index (χ4n) is 7.37. The molecule has 0 saturated carbocycles. The molecule has 6 aromatic rings. The second-order valence-electron chi connectivity index (χ2n) is 12.3. The van der Waals surface area contributed by atoms with Crippen LogP contribution >= 0.6 is 12.2 Å². The Hall–Kier alpha value is -3.62. The van der Waals surface area contributed by atoms with Gasteiger partial charge < -0.3 is 4.90 Å². The molecule has 0 amide bonds. The standard InChI is InChI=1S/C41H36N2P2S2/c1-4-42(5-2)45(47)38-26-33(30-17-11-7-12-18-30)22-24-36(38)43-35-23-21-32(29-15-9-6-10-16-29)25-37(35)44(3,46)39-27-34(28-40(45)41(39)43)31-19-13-8-14-20-31/h6-28H,4-5H2,1-3H3. The molecule has 0 aromatic heterocycles. The molecule has 6 heteroatoms. The fourth-order valence-corrected chi connectivity index (χ4v) is 15.4. The molecule has 0 aliphatic carbocycles. The van der Waals surface area contributed by atoms with Crippen LogP contribution in [0.25, 0.3) is 33.4 Å². The topological polar surface area (TPSA) is 6.48 Å². The number of rotatable bonds is 6. The Balaban J connectivity index is 1.49. The van der Waals surface area contributed by atoms with Crippen molar-refractivity contribution in [3.8, 4) is 33.4 Å². The monoisotopic (exact) mass is 682 g/mol. The smallest absolute Gasteiger partial charge is 0.0751 e. The van der Waals surface area contributed by atoms with Crippen molar-refractivity contribution in [2.45, 2.75) is 13.8 Å². The first-order valence-electron chi connectivity index (χ1n) is 16.2. The molecule has 2 atom stereocenters. The van der Waals surface area contributed by atoms with Gasteiger partial charge in [-0.25, -0.2) is 0 Å². The molecule has 0 fully saturated rings. The highest BCUT2D eigenvalue weighted by molar-refractivity contribution is 8.22. The Morgan fingerprint density at radius 3 is 1.43 bits per heavy atom. The maximum atomic E-state index is 7.13. The average Bonchev–Trinajstić information content (AvgIpc) is 3.12. The minimum Gasteiger partial charge on any atom is -0.308 e. The van der Waals surface area contributed by atoms with Gasteiger partial charge in [0.2, 0.25) is 0 Å². The van der Waals surface area contributed by atoms with Crippen LogP contribution in [0.3, 0.4) is 0 Å². The largest absolute Gasteiger partial charge is 0.308 e. The van der Waals surface area contributed by atoms with Crippen LogP contribution in [0.15, 0.2) is 140 Å². The molecular formula is C41H36N2P2S2. The first-order chi connectivity index (χ1) is 22.9. The van der Waals surface area contributed by atoms with E-state index < -0.39 is 12.2 Å². The van der Waals surface area contributed by atoms with Crippen LogP contribution in [0, 0.1) is 0 Å². The lowest BCUT2D eigenvalue weighted by Gasteiger charge is -2.48. The number of hydrogen-bond acceptors (Lipinski definition) is 3. The van der Waals surface area contributed by atoms with Crippen molar-refractivity contribution in [1.82, 2.24) is 4.67 Å². The second-order valence-corrected chi connectivity index (χ2v) is 21.6. The van der Waals surface area contributed by atoms with Crippen molar-refractivity contribution < 1.29 is 0 Å². The van der Waals surface area contributed by atoms with Gasteiger partial charge in [0.05, 0.1) is 23.3 Å². The summed E-state index contributed by atoms with van der Waals surface area (Å²) >= 11 is 14.0. The van der Waals surface area contributed by atoms with Gasteiger partial charge in [0.25, 0.3) is 0 Å². The molecular weight excluding hydrogens is 647 g/mol. The summed E-state index contributed by atoms with van der Waals surface area (Å²) in [6, 6.07) is 48.6. The Kier molecular flexibility index (Phi) is 7.71. The predicted octanol–water partition coefficient (Wildman–Crippen LogP) is 9.53. The van der Waals surface area contributed by atoms with Crippen LogP contribution < -0.4 is 26.1 Å². The van der Waals surface area contributed by atoms with E-state index in [1.165, 1.54) is 71.7 Å². The predicted molar refractivity (Wildman–Crippen MR) is 213 cm³/mol. The summed E-state index contributed by atoms with van der Waals surface area (Å²) in [5, 5.41) is 5.04. The van der Waals surface area contributed by atoms with Crippen LogP contribution in [0.2, 0.25) is 0 Å². The third kappa shape index (κ3) is 4.77. The number of fused-ring (bicyclic) bond motifs is 4. The molecule has 47 heavy (non-hydrogen) atoms. The molecule has 6 aromatic carbocycles. The number of benzene rings is 6. The Bertz CT molecular complexity index is 2250. The minimum atomic E-state index is -2.47. The summed E-state index contributed by atoms with van der Waals surface area (Å²) < 4.78 is 2.56. The highest BCUT2D eigenvalue weighted by atomic mass is 32.4. The maximum absolute atomic E-state index is 7.13. The van der Waals surface area contributed by atoms with Crippen molar-refractivity contribution in [2.24, 2.45) is 0 Å². The number of hydrogen-bond donors (Lipinski definition) is 0. The number of nitrogens with zero attached hydrogens (tertiary/aromatic N) is 2. The third-order valence-electron chi connectivity index (χ3n) is 9.75. The van der Waals surface area contributed by atoms with Crippen LogP contribution in [-0.2, 0) is 23.6 Å². The van der Waals surface area contributed by atoms with Gasteiger partial charge in [0.15, 0.2) is 0 Å². The van der Waals surface area contributed by atoms with Gasteiger partial charge in [-0.3, -0.25) is 4.67 Å². The van der Waals surface area contributed by atoms with E-state index in [-0.39, 0.29) is 0 Å². The van der Waals surface area contributed by atoms with E-state index in [0.717, 1.165) is 13.1 Å². The fraction of sp³-hybridized carbons (Fsp3) is 0.122. The first kappa shape index (κ1) is 30.7. The molecule has 2 nitrogen and oxygen atoms in total. The zero-order chi connectivity index (χ0) is 32.3. The normalized spacial score (nSPS) is 19.2. The molecule has 0 radical (unpaired) electrons. The van der Waals surface area contributed by atoms with Gasteiger partial charge >= 0.3 is 0 Å². The lowest BCUT2D eigenvalue weighted by Crippen LogP contribution is -2.45. The van der Waals surface area contributed by atoms with Crippen LogP contribution in [0.5, 0.6) is 0 Å². The van der Waals surface area contributed by atoms with Gasteiger partial charge in [-0.05, 0) is 76.4 Å². The summed E-state index contributed by atoms with van der Waals surface area (Å²) in [4.78, 5) is 2.51. The molecule has 0 bridgehead atoms. The van der Waals surface area contributed by atoms with E-state index >= 15 is 0 Å². The van der Waals surface area contributed by atoms with Gasteiger partial charge in [0.1, 0.15) is 0 Å². The summed E-state index contributed by atoms with van der Waals surface area (Å²) in [6.07, 6.45) is -2.47. The Labute approximate surface area is 288 Å². The van der Waals surface area contributed by atoms with Crippen molar-refractivity contribution >= 4 is 74.1 Å². The van der Waals surface area contributed by atoms with Crippen LogP contribution in [-0.4, -0.2) is 24.4 Å². The zero-order valence-corrected chi connectivity index (χ0v) is 30.2. The molecule has 2 aliphatic heterocycles. The Morgan fingerprint density at radius 2 is 0.915 bits per heavy atom. The van der Waals surface area contributed by atoms with E-state index in [2.05, 4.69) is 170 Å². The molecule has 2 aliphatic rings. The Morgan fingerprint density at radius 1 is 0.489 bits per heavy atom. The van der Waals surface area contributed by atoms with E-state index in [1.54, 1.807) is 0 Å². The summed E-state index contributed by atoms with van der Waals surface area (Å²) in [7, 11) is 0. The highest BCUT2D eigenvalue weighted by Crippen LogP contribution is 2.62. The van der Waals surface area contributed by atoms with Crippen molar-refractivity contribution in [2.75, 3.05) is 24.7 Å². The lowest BCUT2D eigenvalue weighted by molar-refractivity contribution is 0.513. The van der Waals surface area contributed by atoms with E-state index in [9.17, 15) is 0 Å². The van der Waals surface area contributed by atoms with Crippen LogP contribution in [0.4, 0.5) is 17.1 Å². The second kappa shape index (κ2) is 11.8. The molecule has 0 saturated heterocycles. The summed E-state index contributed by atoms with van der Waals surface area (Å²) in [5.41, 5.74) is 10.8. The van der Waals surface area contributed by atoms with Crippen molar-refractivity contribution in [3.63, 3.8) is 0 Å². The molecule has 8 rings (SSSR count). The van der Waals surface area contributed by atoms with Crippen LogP contribution in [0.1, 0.15) is 13.8 Å². The van der Waals surface area contributed by atoms with Gasteiger partial charge in [-0.1, -0.05) is 141 Å². The van der Waals surface area contributed by atoms with Crippen molar-refractivity contribution in [1.29, 1.82) is 0 Å². The highest BCUT2D eigenvalue weighted by Gasteiger charge is 2.46. The quantitative estimate of drug-likeness (QED) is 0.162. The van der Waals surface area contributed by atoms with Gasteiger partial charge in [-0.2, -0.15) is 0 Å². The molecule has 0 spiro atoms. The van der Waals surface area contributed by atoms with E-state index in [4.69, 9.17) is 23.6 Å². The average molecular weight is 683 g/mol. The summed E-state index contributed by atoms with van der Waals surface area (Å²) in [5.74, 6) is 0. The van der Waals surface area contributed by atoms with Gasteiger partial charge in [-0.15, -0.1) is 0 Å². The lowest BCUT2D eigenvalue weighted by atomic mass is 10.0. The maximum Gasteiger partial charge on any atom is 0.0751 e. The van der Waals surface area contributed by atoms with Crippen molar-refractivity contribution in [3.05, 3.63) is 140 Å². The molecule has 2 heterocycles. The molecule has 0 N–H and O–H groups in total.